The van der Waals surface area contributed by atoms with E-state index in [-0.39, 0.29) is 29.8 Å². The molecule has 2 rings (SSSR count). The molecular weight excluding hydrogens is 234 g/mol. The van der Waals surface area contributed by atoms with Crippen LogP contribution < -0.4 is 10.8 Å². The van der Waals surface area contributed by atoms with Gasteiger partial charge in [-0.1, -0.05) is 0 Å². The first kappa shape index (κ1) is 13.3. The highest BCUT2D eigenvalue weighted by Gasteiger charge is 2.42. The number of fused-ring (bicyclic) bond motifs is 1. The zero-order valence-corrected chi connectivity index (χ0v) is 10.7. The third-order valence-electron chi connectivity index (χ3n) is 4.30. The first-order chi connectivity index (χ1) is 8.60. The average Bonchev–Trinajstić information content (AvgIpc) is 2.38. The van der Waals surface area contributed by atoms with Crippen LogP contribution in [0.25, 0.3) is 0 Å². The molecule has 102 valence electrons. The number of hydrogen-bond donors (Lipinski definition) is 3. The standard InChI is InChI=1S/C12H21N3O3/c1-13-12(8-10(16)14-18)5-6-15-9(7-12)3-2-4-11(15)17/h9,13,18H,2-8H2,1H3,(H,14,16)/t9-,12+/m0/s1. The molecular formula is C12H21N3O3. The molecule has 2 fully saturated rings. The molecule has 0 aromatic heterocycles. The van der Waals surface area contributed by atoms with Gasteiger partial charge < -0.3 is 10.2 Å². The van der Waals surface area contributed by atoms with Crippen molar-refractivity contribution < 1.29 is 14.8 Å². The third kappa shape index (κ3) is 2.49. The smallest absolute Gasteiger partial charge is 0.245 e. The Morgan fingerprint density at radius 2 is 2.39 bits per heavy atom. The number of hydroxylamine groups is 1. The number of hydrogen-bond acceptors (Lipinski definition) is 4. The molecule has 0 unspecified atom stereocenters. The van der Waals surface area contributed by atoms with E-state index in [1.807, 2.05) is 11.9 Å². The quantitative estimate of drug-likeness (QED) is 0.490. The lowest BCUT2D eigenvalue weighted by Crippen LogP contribution is -2.60. The van der Waals surface area contributed by atoms with Gasteiger partial charge in [0.05, 0.1) is 0 Å². The van der Waals surface area contributed by atoms with Crippen LogP contribution in [0.5, 0.6) is 0 Å². The second-order valence-electron chi connectivity index (χ2n) is 5.33. The number of carbonyl (C=O) groups excluding carboxylic acids is 2. The monoisotopic (exact) mass is 255 g/mol. The molecule has 2 aliphatic heterocycles. The molecule has 2 heterocycles. The number of nitrogens with zero attached hydrogens (tertiary/aromatic N) is 1. The van der Waals surface area contributed by atoms with Crippen molar-refractivity contribution in [3.05, 3.63) is 0 Å². The number of piperidine rings is 2. The fourth-order valence-corrected chi connectivity index (χ4v) is 3.22. The number of carbonyl (C=O) groups is 2. The van der Waals surface area contributed by atoms with Crippen molar-refractivity contribution in [3.8, 4) is 0 Å². The predicted molar refractivity (Wildman–Crippen MR) is 64.9 cm³/mol. The molecule has 0 saturated carbocycles. The van der Waals surface area contributed by atoms with Gasteiger partial charge in [0.2, 0.25) is 11.8 Å². The van der Waals surface area contributed by atoms with Gasteiger partial charge in [0.15, 0.2) is 0 Å². The van der Waals surface area contributed by atoms with Crippen LogP contribution in [0.15, 0.2) is 0 Å². The summed E-state index contributed by atoms with van der Waals surface area (Å²) < 4.78 is 0. The molecule has 18 heavy (non-hydrogen) atoms. The minimum atomic E-state index is -0.375. The van der Waals surface area contributed by atoms with Gasteiger partial charge in [0, 0.05) is 31.0 Å². The molecule has 3 N–H and O–H groups in total. The summed E-state index contributed by atoms with van der Waals surface area (Å²) in [6.07, 6.45) is 4.38. The maximum atomic E-state index is 11.8. The zero-order chi connectivity index (χ0) is 13.2. The zero-order valence-electron chi connectivity index (χ0n) is 10.7. The van der Waals surface area contributed by atoms with Crippen LogP contribution >= 0.6 is 0 Å². The highest BCUT2D eigenvalue weighted by atomic mass is 16.5. The fraction of sp³-hybridized carbons (Fsp3) is 0.833. The lowest BCUT2D eigenvalue weighted by atomic mass is 9.77. The van der Waals surface area contributed by atoms with Crippen LogP contribution in [0.4, 0.5) is 0 Å². The van der Waals surface area contributed by atoms with Gasteiger partial charge in [0.25, 0.3) is 0 Å². The van der Waals surface area contributed by atoms with Gasteiger partial charge in [-0.25, -0.2) is 5.48 Å². The largest absolute Gasteiger partial charge is 0.340 e. The van der Waals surface area contributed by atoms with Gasteiger partial charge in [0.1, 0.15) is 0 Å². The molecule has 2 amide bonds. The molecule has 6 heteroatoms. The Hall–Kier alpha value is -1.14. The topological polar surface area (TPSA) is 81.7 Å². The number of nitrogens with one attached hydrogen (secondary N) is 2. The van der Waals surface area contributed by atoms with Gasteiger partial charge in [-0.3, -0.25) is 14.8 Å². The van der Waals surface area contributed by atoms with E-state index in [1.165, 1.54) is 0 Å². The third-order valence-corrected chi connectivity index (χ3v) is 4.30. The summed E-state index contributed by atoms with van der Waals surface area (Å²) in [5, 5.41) is 11.9. The summed E-state index contributed by atoms with van der Waals surface area (Å²) in [7, 11) is 1.84. The summed E-state index contributed by atoms with van der Waals surface area (Å²) in [6, 6.07) is 0.235. The highest BCUT2D eigenvalue weighted by molar-refractivity contribution is 5.78. The van der Waals surface area contributed by atoms with Crippen LogP contribution in [-0.2, 0) is 9.59 Å². The summed E-state index contributed by atoms with van der Waals surface area (Å²) in [5.74, 6) is -0.137. The Balaban J connectivity index is 2.07. The van der Waals surface area contributed by atoms with E-state index in [4.69, 9.17) is 5.21 Å². The van der Waals surface area contributed by atoms with Crippen LogP contribution in [0.1, 0.15) is 38.5 Å². The van der Waals surface area contributed by atoms with Gasteiger partial charge in [-0.15, -0.1) is 0 Å². The molecule has 0 aliphatic carbocycles. The Morgan fingerprint density at radius 1 is 1.61 bits per heavy atom. The van der Waals surface area contributed by atoms with Crippen molar-refractivity contribution in [1.29, 1.82) is 0 Å². The van der Waals surface area contributed by atoms with E-state index in [2.05, 4.69) is 5.32 Å². The van der Waals surface area contributed by atoms with E-state index in [0.717, 1.165) is 25.7 Å². The molecule has 0 bridgehead atoms. The molecule has 6 nitrogen and oxygen atoms in total. The summed E-state index contributed by atoms with van der Waals surface area (Å²) in [6.45, 7) is 0.697. The van der Waals surface area contributed by atoms with Crippen LogP contribution in [0.3, 0.4) is 0 Å². The van der Waals surface area contributed by atoms with Crippen molar-refractivity contribution in [3.63, 3.8) is 0 Å². The number of rotatable bonds is 3. The lowest BCUT2D eigenvalue weighted by Gasteiger charge is -2.48. The Morgan fingerprint density at radius 3 is 3.06 bits per heavy atom. The van der Waals surface area contributed by atoms with Crippen molar-refractivity contribution in [1.82, 2.24) is 15.7 Å². The predicted octanol–water partition coefficient (Wildman–Crippen LogP) is 0.0150. The summed E-state index contributed by atoms with van der Waals surface area (Å²) >= 11 is 0. The molecule has 2 saturated heterocycles. The van der Waals surface area contributed by atoms with Gasteiger partial charge in [-0.05, 0) is 32.7 Å². The van der Waals surface area contributed by atoms with E-state index in [9.17, 15) is 9.59 Å². The van der Waals surface area contributed by atoms with Crippen molar-refractivity contribution >= 4 is 11.8 Å². The lowest BCUT2D eigenvalue weighted by molar-refractivity contribution is -0.140. The maximum Gasteiger partial charge on any atom is 0.245 e. The van der Waals surface area contributed by atoms with E-state index >= 15 is 0 Å². The van der Waals surface area contributed by atoms with E-state index in [0.29, 0.717) is 13.0 Å². The van der Waals surface area contributed by atoms with Crippen molar-refractivity contribution in [2.24, 2.45) is 0 Å². The number of amides is 2. The molecule has 0 aromatic carbocycles. The molecule has 0 aromatic rings. The molecule has 2 aliphatic rings. The Bertz CT molecular complexity index is 347. The highest BCUT2D eigenvalue weighted by Crippen LogP contribution is 2.34. The second-order valence-corrected chi connectivity index (χ2v) is 5.33. The van der Waals surface area contributed by atoms with Crippen LogP contribution in [0.2, 0.25) is 0 Å². The van der Waals surface area contributed by atoms with Crippen molar-refractivity contribution in [2.45, 2.75) is 50.1 Å². The molecule has 0 radical (unpaired) electrons. The van der Waals surface area contributed by atoms with E-state index < -0.39 is 0 Å². The normalized spacial score (nSPS) is 32.0. The van der Waals surface area contributed by atoms with Gasteiger partial charge in [-0.2, -0.15) is 0 Å². The average molecular weight is 255 g/mol. The van der Waals surface area contributed by atoms with E-state index in [1.54, 1.807) is 5.48 Å². The first-order valence-electron chi connectivity index (χ1n) is 6.51. The van der Waals surface area contributed by atoms with Crippen molar-refractivity contribution in [2.75, 3.05) is 13.6 Å². The Kier molecular flexibility index (Phi) is 3.87. The van der Waals surface area contributed by atoms with Crippen LogP contribution in [0, 0.1) is 0 Å². The molecule has 0 spiro atoms. The molecule has 2 atom stereocenters. The summed E-state index contributed by atoms with van der Waals surface area (Å²) in [4.78, 5) is 25.1. The SMILES string of the molecule is CN[C@]1(CC(=O)NO)CCN2C(=O)CCC[C@H]2C1. The minimum absolute atomic E-state index is 0.235. The Labute approximate surface area is 107 Å². The summed E-state index contributed by atoms with van der Waals surface area (Å²) in [5.41, 5.74) is 1.39. The first-order valence-corrected chi connectivity index (χ1v) is 6.51. The fourth-order valence-electron chi connectivity index (χ4n) is 3.22. The van der Waals surface area contributed by atoms with Gasteiger partial charge >= 0.3 is 0 Å². The minimum Gasteiger partial charge on any atom is -0.340 e. The maximum absolute atomic E-state index is 11.8. The second kappa shape index (κ2) is 5.24. The van der Waals surface area contributed by atoms with Crippen LogP contribution in [-0.4, -0.2) is 47.1 Å².